The predicted octanol–water partition coefficient (Wildman–Crippen LogP) is -0.614. The lowest BCUT2D eigenvalue weighted by molar-refractivity contribution is -0.182. The van der Waals surface area contributed by atoms with Crippen LogP contribution in [0.1, 0.15) is 35.4 Å². The summed E-state index contributed by atoms with van der Waals surface area (Å²) >= 11 is 0. The largest absolute Gasteiger partial charge is 0.504 e. The molecule has 0 saturated heterocycles. The number of ketones is 1. The van der Waals surface area contributed by atoms with Crippen LogP contribution >= 0.6 is 0 Å². The molecule has 0 bridgehead atoms. The Balaban J connectivity index is 2.45. The number of phenolic OH excluding ortho intramolecular Hbond substituents is 4. The van der Waals surface area contributed by atoms with Gasteiger partial charge in [-0.2, -0.15) is 0 Å². The molecule has 0 saturated carbocycles. The molecule has 1 aliphatic carbocycles. The molecule has 0 amide bonds. The number of Topliss-reactive ketones (excluding diaryl/α,β-unsaturated/α-hetero) is 1. The second-order valence-corrected chi connectivity index (χ2v) is 10.9. The molecule has 0 aromatic heterocycles. The third kappa shape index (κ3) is 7.23. The Morgan fingerprint density at radius 1 is 0.700 bits per heavy atom. The zero-order chi connectivity index (χ0) is 38.0. The van der Waals surface area contributed by atoms with E-state index in [1.807, 2.05) is 0 Å². The van der Waals surface area contributed by atoms with Crippen molar-refractivity contribution in [3.05, 3.63) is 52.6 Å². The van der Waals surface area contributed by atoms with E-state index in [4.69, 9.17) is 9.84 Å². The molecule has 266 valence electrons. The minimum atomic E-state index is -4.24. The molecule has 0 radical (unpaired) electrons. The van der Waals surface area contributed by atoms with E-state index in [-0.39, 0.29) is 16.7 Å². The fourth-order valence-corrected chi connectivity index (χ4v) is 5.46. The van der Waals surface area contributed by atoms with E-state index in [0.717, 1.165) is 30.3 Å². The van der Waals surface area contributed by atoms with Gasteiger partial charge in [-0.3, -0.25) is 24.0 Å². The van der Waals surface area contributed by atoms with E-state index in [0.29, 0.717) is 6.08 Å². The van der Waals surface area contributed by atoms with Crippen molar-refractivity contribution in [2.75, 3.05) is 0 Å². The van der Waals surface area contributed by atoms with Crippen molar-refractivity contribution in [2.45, 2.75) is 30.5 Å². The summed E-state index contributed by atoms with van der Waals surface area (Å²) in [6, 6.07) is 4.04. The van der Waals surface area contributed by atoms with Crippen molar-refractivity contribution in [2.24, 2.45) is 17.8 Å². The van der Waals surface area contributed by atoms with Crippen LogP contribution in [0.5, 0.6) is 23.0 Å². The molecule has 0 spiro atoms. The summed E-state index contributed by atoms with van der Waals surface area (Å²) in [4.78, 5) is 99.4. The van der Waals surface area contributed by atoms with Gasteiger partial charge in [0.1, 0.15) is 11.8 Å². The molecule has 50 heavy (non-hydrogen) atoms. The van der Waals surface area contributed by atoms with E-state index >= 15 is 0 Å². The highest BCUT2D eigenvalue weighted by Crippen LogP contribution is 2.49. The molecular formula is C30H26O20. The number of rotatable bonds is 15. The average molecular weight is 707 g/mol. The molecule has 2 aromatic rings. The van der Waals surface area contributed by atoms with E-state index in [2.05, 4.69) is 0 Å². The summed E-state index contributed by atoms with van der Waals surface area (Å²) < 4.78 is 4.85. The topological polar surface area (TPSA) is 368 Å². The summed E-state index contributed by atoms with van der Waals surface area (Å²) in [6.45, 7) is 0. The first-order valence-corrected chi connectivity index (χ1v) is 13.8. The van der Waals surface area contributed by atoms with Gasteiger partial charge < -0.3 is 60.9 Å². The SMILES string of the molecule is O=C(O)C[C@H](C(=O)O)[C@@H](OC(=O)C1=Cc2cc(O)c(O)cc2[C@@H](c2ccc(O)c(O)c2)[C@@H]1C(=O)[C@@](O)(C(=O)O)[C@H](CC(=O)O)C(=O)O)C(=O)O. The van der Waals surface area contributed by atoms with Gasteiger partial charge in [0.25, 0.3) is 0 Å². The Labute approximate surface area is 277 Å². The molecule has 0 unspecified atom stereocenters. The average Bonchev–Trinajstić information content (AvgIpc) is 3.01. The van der Waals surface area contributed by atoms with Crippen molar-refractivity contribution in [3.63, 3.8) is 0 Å². The van der Waals surface area contributed by atoms with Gasteiger partial charge in [-0.25, -0.2) is 14.4 Å². The van der Waals surface area contributed by atoms with Crippen LogP contribution in [0.4, 0.5) is 0 Å². The van der Waals surface area contributed by atoms with Crippen molar-refractivity contribution in [1.29, 1.82) is 0 Å². The smallest absolute Gasteiger partial charge is 0.345 e. The van der Waals surface area contributed by atoms with E-state index in [1.54, 1.807) is 0 Å². The second-order valence-electron chi connectivity index (χ2n) is 10.9. The van der Waals surface area contributed by atoms with Crippen molar-refractivity contribution < 1.29 is 99.3 Å². The monoisotopic (exact) mass is 706 g/mol. The van der Waals surface area contributed by atoms with Crippen molar-refractivity contribution >= 4 is 53.6 Å². The van der Waals surface area contributed by atoms with Gasteiger partial charge in [0, 0.05) is 11.5 Å². The number of hydrogen-bond acceptors (Lipinski definition) is 14. The lowest BCUT2D eigenvalue weighted by Crippen LogP contribution is -2.59. The first-order chi connectivity index (χ1) is 23.1. The minimum Gasteiger partial charge on any atom is -0.504 e. The Bertz CT molecular complexity index is 1840. The second kappa shape index (κ2) is 14.2. The third-order valence-electron chi connectivity index (χ3n) is 7.81. The molecule has 20 nitrogen and oxygen atoms in total. The van der Waals surface area contributed by atoms with Crippen LogP contribution in [0, 0.1) is 17.8 Å². The van der Waals surface area contributed by atoms with Crippen LogP contribution in [-0.4, -0.2) is 115 Å². The number of hydrogen-bond donors (Lipinski definition) is 11. The molecule has 0 fully saturated rings. The molecule has 1 aliphatic rings. The Morgan fingerprint density at radius 3 is 1.74 bits per heavy atom. The fraction of sp³-hybridized carbons (Fsp3) is 0.267. The number of carboxylic acids is 6. The highest BCUT2D eigenvalue weighted by molar-refractivity contribution is 6.16. The zero-order valence-corrected chi connectivity index (χ0v) is 24.9. The van der Waals surface area contributed by atoms with Crippen molar-refractivity contribution in [3.8, 4) is 23.0 Å². The van der Waals surface area contributed by atoms with Gasteiger partial charge in [0.2, 0.25) is 11.7 Å². The van der Waals surface area contributed by atoms with Gasteiger partial charge in [-0.1, -0.05) is 6.07 Å². The van der Waals surface area contributed by atoms with Crippen LogP contribution < -0.4 is 0 Å². The molecular weight excluding hydrogens is 680 g/mol. The maximum atomic E-state index is 14.4. The minimum absolute atomic E-state index is 0.331. The summed E-state index contributed by atoms with van der Waals surface area (Å²) in [6.07, 6.45) is -5.33. The number of benzene rings is 2. The normalized spacial score (nSPS) is 18.1. The predicted molar refractivity (Wildman–Crippen MR) is 155 cm³/mol. The Hall–Kier alpha value is -6.70. The standard InChI is InChI=1S/C30H26O20/c31-15-2-1-9(4-16(15)32)21-11-6-18(34)17(33)5-10(11)3-12(28(46)50-23(27(44)45)13(25(40)41)7-19(35)36)22(21)24(39)30(49,29(47)48)14(26(42)43)8-20(37)38/h1-6,13-14,21-23,31-34,49H,7-8H2,(H,35,36)(H,37,38)(H,40,41)(H,42,43)(H,44,45)(H,47,48)/t13-,14+,21+,22+,23+,30+/m0/s1. The molecule has 6 atom stereocenters. The number of carbonyl (C=O) groups excluding carboxylic acids is 2. The first kappa shape index (κ1) is 37.8. The van der Waals surface area contributed by atoms with Crippen LogP contribution in [-0.2, 0) is 43.1 Å². The summed E-state index contributed by atoms with van der Waals surface area (Å²) in [5.41, 5.74) is -6.45. The highest BCUT2D eigenvalue weighted by atomic mass is 16.6. The van der Waals surface area contributed by atoms with Crippen LogP contribution in [0.15, 0.2) is 35.9 Å². The number of carbonyl (C=O) groups is 8. The van der Waals surface area contributed by atoms with E-state index < -0.39 is 124 Å². The van der Waals surface area contributed by atoms with E-state index in [1.165, 1.54) is 0 Å². The number of esters is 1. The quantitative estimate of drug-likeness (QED) is 0.0624. The summed E-state index contributed by atoms with van der Waals surface area (Å²) in [5.74, 6) is -30.8. The number of aliphatic carboxylic acids is 6. The first-order valence-electron chi connectivity index (χ1n) is 13.8. The Morgan fingerprint density at radius 2 is 1.26 bits per heavy atom. The van der Waals surface area contributed by atoms with Crippen molar-refractivity contribution in [1.82, 2.24) is 0 Å². The molecule has 2 aromatic carbocycles. The number of aliphatic hydroxyl groups is 1. The maximum Gasteiger partial charge on any atom is 0.345 e. The number of fused-ring (bicyclic) bond motifs is 1. The molecule has 11 N–H and O–H groups in total. The maximum absolute atomic E-state index is 14.4. The molecule has 3 rings (SSSR count). The number of phenols is 4. The lowest BCUT2D eigenvalue weighted by atomic mass is 9.64. The van der Waals surface area contributed by atoms with Crippen LogP contribution in [0.2, 0.25) is 0 Å². The lowest BCUT2D eigenvalue weighted by Gasteiger charge is -2.38. The van der Waals surface area contributed by atoms with Gasteiger partial charge in [0.05, 0.1) is 18.8 Å². The van der Waals surface area contributed by atoms with Crippen LogP contribution in [0.25, 0.3) is 6.08 Å². The molecule has 0 aliphatic heterocycles. The number of carboxylic acid groups (broad SMARTS) is 6. The third-order valence-corrected chi connectivity index (χ3v) is 7.81. The van der Waals surface area contributed by atoms with Crippen LogP contribution in [0.3, 0.4) is 0 Å². The summed E-state index contributed by atoms with van der Waals surface area (Å²) in [5, 5.41) is 109. The van der Waals surface area contributed by atoms with Gasteiger partial charge >= 0.3 is 41.8 Å². The fourth-order valence-electron chi connectivity index (χ4n) is 5.46. The zero-order valence-electron chi connectivity index (χ0n) is 24.9. The highest BCUT2D eigenvalue weighted by Gasteiger charge is 2.60. The molecule has 20 heteroatoms. The number of ether oxygens (including phenoxy) is 1. The molecule has 0 heterocycles. The van der Waals surface area contributed by atoms with Gasteiger partial charge in [-0.15, -0.1) is 0 Å². The van der Waals surface area contributed by atoms with Gasteiger partial charge in [0.15, 0.2) is 28.8 Å². The number of aromatic hydroxyl groups is 4. The van der Waals surface area contributed by atoms with E-state index in [9.17, 15) is 89.4 Å². The Kier molecular flexibility index (Phi) is 10.7. The summed E-state index contributed by atoms with van der Waals surface area (Å²) in [7, 11) is 0. The van der Waals surface area contributed by atoms with Gasteiger partial charge in [-0.05, 0) is 47.0 Å².